The minimum absolute atomic E-state index is 0.168. The Morgan fingerprint density at radius 2 is 1.29 bits per heavy atom. The van der Waals surface area contributed by atoms with Crippen LogP contribution in [0, 0.1) is 0 Å². The van der Waals surface area contributed by atoms with E-state index in [0.29, 0.717) is 12.8 Å². The van der Waals surface area contributed by atoms with Gasteiger partial charge in [-0.25, -0.2) is 0 Å². The lowest BCUT2D eigenvalue weighted by molar-refractivity contribution is 0.0987. The minimum Gasteiger partial charge on any atom is -0.294 e. The zero-order valence-corrected chi connectivity index (χ0v) is 12.8. The molecule has 4 aromatic carbocycles. The van der Waals surface area contributed by atoms with Gasteiger partial charge >= 0.3 is 0 Å². The van der Waals surface area contributed by atoms with Crippen LogP contribution in [0.25, 0.3) is 32.3 Å². The molecule has 24 heavy (non-hydrogen) atoms. The molecule has 2 aliphatic carbocycles. The van der Waals surface area contributed by atoms with Gasteiger partial charge in [-0.05, 0) is 38.7 Å². The van der Waals surface area contributed by atoms with E-state index < -0.39 is 0 Å². The molecule has 0 amide bonds. The summed E-state index contributed by atoms with van der Waals surface area (Å²) in [5.41, 5.74) is 3.76. The highest BCUT2D eigenvalue weighted by molar-refractivity contribution is 6.33. The molecule has 0 spiro atoms. The molecule has 0 fully saturated rings. The van der Waals surface area contributed by atoms with Gasteiger partial charge in [0.25, 0.3) is 0 Å². The van der Waals surface area contributed by atoms with Crippen molar-refractivity contribution in [2.24, 2.45) is 0 Å². The predicted octanol–water partition coefficient (Wildman–Crippen LogP) is 4.62. The van der Waals surface area contributed by atoms with E-state index in [2.05, 4.69) is 18.2 Å². The largest absolute Gasteiger partial charge is 0.294 e. The molecule has 0 N–H and O–H groups in total. The Morgan fingerprint density at radius 1 is 0.583 bits per heavy atom. The lowest BCUT2D eigenvalue weighted by Crippen LogP contribution is -2.15. The van der Waals surface area contributed by atoms with Gasteiger partial charge in [0.1, 0.15) is 0 Å². The molecule has 2 heteroatoms. The van der Waals surface area contributed by atoms with E-state index in [4.69, 9.17) is 0 Å². The summed E-state index contributed by atoms with van der Waals surface area (Å²) in [6, 6.07) is 16.1. The lowest BCUT2D eigenvalue weighted by atomic mass is 9.77. The second-order valence-electron chi connectivity index (χ2n) is 6.83. The molecule has 0 radical (unpaired) electrons. The number of hydrogen-bond donors (Lipinski definition) is 0. The van der Waals surface area contributed by atoms with Gasteiger partial charge in [0, 0.05) is 34.7 Å². The molecule has 0 aliphatic heterocycles. The van der Waals surface area contributed by atoms with E-state index in [-0.39, 0.29) is 11.6 Å². The van der Waals surface area contributed by atoms with E-state index in [1.807, 2.05) is 30.3 Å². The number of carbonyl (C=O) groups is 2. The second-order valence-corrected chi connectivity index (χ2v) is 6.83. The lowest BCUT2D eigenvalue weighted by Gasteiger charge is -2.24. The number of hydrogen-bond acceptors (Lipinski definition) is 2. The number of carbonyl (C=O) groups excluding carboxylic acids is 2. The fraction of sp³-hybridized carbons (Fsp3) is 0.0909. The molecule has 2 aliphatic rings. The normalized spacial score (nSPS) is 15.3. The summed E-state index contributed by atoms with van der Waals surface area (Å²) in [6.07, 6.45) is 0.878. The van der Waals surface area contributed by atoms with Crippen LogP contribution < -0.4 is 0 Å². The van der Waals surface area contributed by atoms with Gasteiger partial charge in [-0.2, -0.15) is 0 Å². The maximum absolute atomic E-state index is 12.8. The van der Waals surface area contributed by atoms with E-state index in [9.17, 15) is 9.59 Å². The van der Waals surface area contributed by atoms with Gasteiger partial charge < -0.3 is 0 Å². The Kier molecular flexibility index (Phi) is 2.02. The number of benzene rings is 4. The molecule has 2 nitrogen and oxygen atoms in total. The summed E-state index contributed by atoms with van der Waals surface area (Å²) >= 11 is 0. The minimum atomic E-state index is 0.168. The molecule has 6 rings (SSSR count). The topological polar surface area (TPSA) is 34.1 Å². The van der Waals surface area contributed by atoms with Crippen molar-refractivity contribution in [3.63, 3.8) is 0 Å². The highest BCUT2D eigenvalue weighted by atomic mass is 16.1. The molecule has 0 unspecified atom stereocenters. The standard InChI is InChI=1S/C22H12O2/c23-17-10-14-7-11-3-1-4-13-9-18(24)16-8-12-5-2-6-15(17)20(12)21(14)22(16)19(11)13/h1-8H,9-10H2. The monoisotopic (exact) mass is 308 g/mol. The van der Waals surface area contributed by atoms with Crippen LogP contribution in [0.3, 0.4) is 0 Å². The zero-order chi connectivity index (χ0) is 16.0. The van der Waals surface area contributed by atoms with Crippen molar-refractivity contribution in [1.29, 1.82) is 0 Å². The smallest absolute Gasteiger partial charge is 0.167 e. The molecule has 112 valence electrons. The fourth-order valence-corrected chi connectivity index (χ4v) is 4.62. The summed E-state index contributed by atoms with van der Waals surface area (Å²) in [7, 11) is 0. The Bertz CT molecular complexity index is 1280. The van der Waals surface area contributed by atoms with Gasteiger partial charge in [0.2, 0.25) is 0 Å². The number of ketones is 2. The first-order valence-electron chi connectivity index (χ1n) is 8.22. The van der Waals surface area contributed by atoms with Crippen molar-refractivity contribution in [1.82, 2.24) is 0 Å². The molecule has 4 aromatic rings. The summed E-state index contributed by atoms with van der Waals surface area (Å²) in [5, 5.41) is 6.52. The zero-order valence-electron chi connectivity index (χ0n) is 12.8. The van der Waals surface area contributed by atoms with E-state index in [1.54, 1.807) is 0 Å². The quantitative estimate of drug-likeness (QED) is 0.444. The van der Waals surface area contributed by atoms with Gasteiger partial charge in [0.15, 0.2) is 11.6 Å². The third-order valence-electron chi connectivity index (χ3n) is 5.55. The van der Waals surface area contributed by atoms with E-state index >= 15 is 0 Å². The summed E-state index contributed by atoms with van der Waals surface area (Å²) < 4.78 is 0. The molecular formula is C22H12O2. The Balaban J connectivity index is 2.06. The number of Topliss-reactive ketones (excluding diaryl/α,β-unsaturated/α-hetero) is 2. The van der Waals surface area contributed by atoms with E-state index in [1.165, 1.54) is 5.39 Å². The fourth-order valence-electron chi connectivity index (χ4n) is 4.62. The second kappa shape index (κ2) is 3.90. The molecule has 0 aromatic heterocycles. The molecule has 0 saturated carbocycles. The molecule has 0 saturated heterocycles. The van der Waals surface area contributed by atoms with Gasteiger partial charge in [0.05, 0.1) is 0 Å². The maximum Gasteiger partial charge on any atom is 0.167 e. The average Bonchev–Trinajstić information content (AvgIpc) is 2.59. The molecular weight excluding hydrogens is 296 g/mol. The van der Waals surface area contributed by atoms with Crippen molar-refractivity contribution in [2.45, 2.75) is 12.8 Å². The highest BCUT2D eigenvalue weighted by Crippen LogP contribution is 2.44. The Labute approximate surface area is 137 Å². The van der Waals surface area contributed by atoms with Crippen LogP contribution in [0.15, 0.2) is 48.5 Å². The van der Waals surface area contributed by atoms with Crippen LogP contribution in [-0.4, -0.2) is 11.6 Å². The highest BCUT2D eigenvalue weighted by Gasteiger charge is 2.28. The molecule has 0 atom stereocenters. The van der Waals surface area contributed by atoms with Crippen LogP contribution in [0.4, 0.5) is 0 Å². The average molecular weight is 308 g/mol. The van der Waals surface area contributed by atoms with Crippen molar-refractivity contribution < 1.29 is 9.59 Å². The number of rotatable bonds is 0. The SMILES string of the molecule is O=C1Cc2cc3cccc4c3c3c(cc5cccc1c5c23)C(=O)C4. The summed E-state index contributed by atoms with van der Waals surface area (Å²) in [4.78, 5) is 25.4. The van der Waals surface area contributed by atoms with Crippen LogP contribution in [0.2, 0.25) is 0 Å². The third-order valence-corrected chi connectivity index (χ3v) is 5.55. The summed E-state index contributed by atoms with van der Waals surface area (Å²) in [6.45, 7) is 0. The Hall–Kier alpha value is -3.00. The summed E-state index contributed by atoms with van der Waals surface area (Å²) in [5.74, 6) is 0.345. The first-order valence-corrected chi connectivity index (χ1v) is 8.22. The van der Waals surface area contributed by atoms with Crippen molar-refractivity contribution in [2.75, 3.05) is 0 Å². The van der Waals surface area contributed by atoms with Gasteiger partial charge in [-0.15, -0.1) is 0 Å². The first kappa shape index (κ1) is 12.4. The first-order chi connectivity index (χ1) is 11.7. The van der Waals surface area contributed by atoms with Crippen LogP contribution >= 0.6 is 0 Å². The van der Waals surface area contributed by atoms with Crippen LogP contribution in [-0.2, 0) is 12.8 Å². The maximum atomic E-state index is 12.8. The van der Waals surface area contributed by atoms with Gasteiger partial charge in [-0.1, -0.05) is 42.5 Å². The third kappa shape index (κ3) is 1.29. The molecule has 0 bridgehead atoms. The van der Waals surface area contributed by atoms with E-state index in [0.717, 1.165) is 49.2 Å². The Morgan fingerprint density at radius 3 is 2.17 bits per heavy atom. The van der Waals surface area contributed by atoms with Crippen LogP contribution in [0.1, 0.15) is 31.8 Å². The van der Waals surface area contributed by atoms with Crippen LogP contribution in [0.5, 0.6) is 0 Å². The molecule has 0 heterocycles. The van der Waals surface area contributed by atoms with Crippen molar-refractivity contribution in [3.8, 4) is 0 Å². The predicted molar refractivity (Wildman–Crippen MR) is 95.0 cm³/mol. The van der Waals surface area contributed by atoms with Crippen molar-refractivity contribution >= 4 is 43.9 Å². The van der Waals surface area contributed by atoms with Gasteiger partial charge in [-0.3, -0.25) is 9.59 Å². The van der Waals surface area contributed by atoms with Crippen molar-refractivity contribution in [3.05, 3.63) is 70.8 Å².